The molecule has 0 fully saturated rings. The second kappa shape index (κ2) is 25.6. The average molecular weight is 1440 g/mol. The van der Waals surface area contributed by atoms with Crippen molar-refractivity contribution in [3.63, 3.8) is 0 Å². The fourth-order valence-corrected chi connectivity index (χ4v) is 17.8. The van der Waals surface area contributed by atoms with Crippen LogP contribution in [0, 0.1) is 0 Å². The van der Waals surface area contributed by atoms with Crippen molar-refractivity contribution in [1.29, 1.82) is 0 Å². The highest BCUT2D eigenvalue weighted by Crippen LogP contribution is 2.50. The van der Waals surface area contributed by atoms with Gasteiger partial charge in [-0.3, -0.25) is 0 Å². The van der Waals surface area contributed by atoms with E-state index in [1.165, 1.54) is 116 Å². The zero-order valence-electron chi connectivity index (χ0n) is 67.8. The van der Waals surface area contributed by atoms with Crippen LogP contribution in [0.25, 0.3) is 156 Å². The van der Waals surface area contributed by atoms with E-state index in [4.69, 9.17) is 9.97 Å². The van der Waals surface area contributed by atoms with E-state index in [0.29, 0.717) is 5.82 Å². The molecule has 18 rings (SSSR count). The van der Waals surface area contributed by atoms with E-state index < -0.39 is 0 Å². The zero-order chi connectivity index (χ0) is 77.3. The summed E-state index contributed by atoms with van der Waals surface area (Å²) in [7, 11) is 0. The van der Waals surface area contributed by atoms with Crippen molar-refractivity contribution < 1.29 is 0 Å². The van der Waals surface area contributed by atoms with Gasteiger partial charge in [-0.05, 0) is 228 Å². The molecule has 2 aliphatic heterocycles. The van der Waals surface area contributed by atoms with E-state index in [1.54, 1.807) is 0 Å². The molecule has 0 saturated heterocycles. The van der Waals surface area contributed by atoms with Crippen molar-refractivity contribution in [3.05, 3.63) is 306 Å². The number of hydrogen-bond donors (Lipinski definition) is 0. The summed E-state index contributed by atoms with van der Waals surface area (Å²) in [5.41, 5.74) is 36.7. The third-order valence-electron chi connectivity index (χ3n) is 23.9. The van der Waals surface area contributed by atoms with Crippen molar-refractivity contribution in [2.45, 2.75) is 157 Å². The monoisotopic (exact) mass is 1440 g/mol. The standard InChI is InChI=1S/C106H99BN4/c1-101(2,3)79-43-39-68(40-44-79)74-53-83-95-85(105(13,14)15)59-81(103(7,8)9)61-91(95)110-93-57-77(58-94-97(93)107(87(55-74)98(83)110)88-56-75(69-41-45-80(46-42-69)102(4,5)6)54-84-96-86(106(16,17)18)60-82(104(10,11)12)62-92(96)111(94)99(84)88)90-63-89(76-49-70(64-31-23-19-24-32-64)47-71(50-76)65-33-25-20-26-34-65)108-100(109-90)78-51-72(66-35-27-21-28-36-66)48-73(52-78)67-37-29-22-30-38-67/h19-63H,1-18H3. The smallest absolute Gasteiger partial charge is 0.252 e. The Kier molecular flexibility index (Phi) is 16.4. The second-order valence-corrected chi connectivity index (χ2v) is 38.0. The molecular formula is C106H99BN4. The van der Waals surface area contributed by atoms with Gasteiger partial charge in [0.25, 0.3) is 6.71 Å². The quantitative estimate of drug-likeness (QED) is 0.135. The lowest BCUT2D eigenvalue weighted by atomic mass is 9.34. The van der Waals surface area contributed by atoms with E-state index in [9.17, 15) is 0 Å². The van der Waals surface area contributed by atoms with E-state index in [-0.39, 0.29) is 39.2 Å². The summed E-state index contributed by atoms with van der Waals surface area (Å²) in [6.45, 7) is 42.5. The fraction of sp³-hybridized carbons (Fsp3) is 0.226. The van der Waals surface area contributed by atoms with Crippen LogP contribution in [0.5, 0.6) is 0 Å². The molecule has 3 aromatic heterocycles. The zero-order valence-corrected chi connectivity index (χ0v) is 67.8. The number of hydrogen-bond acceptors (Lipinski definition) is 2. The van der Waals surface area contributed by atoms with Gasteiger partial charge in [-0.25, -0.2) is 9.97 Å². The maximum Gasteiger partial charge on any atom is 0.252 e. The molecule has 0 radical (unpaired) electrons. The highest BCUT2D eigenvalue weighted by atomic mass is 15.0. The van der Waals surface area contributed by atoms with E-state index in [0.717, 1.165) is 84.0 Å². The van der Waals surface area contributed by atoms with Gasteiger partial charge in [-0.15, -0.1) is 0 Å². The summed E-state index contributed by atoms with van der Waals surface area (Å²) < 4.78 is 5.46. The highest BCUT2D eigenvalue weighted by Gasteiger charge is 2.44. The molecule has 13 aromatic carbocycles. The molecule has 0 spiro atoms. The molecule has 0 bridgehead atoms. The van der Waals surface area contributed by atoms with Crippen LogP contribution in [0.3, 0.4) is 0 Å². The van der Waals surface area contributed by atoms with Crippen LogP contribution < -0.4 is 16.4 Å². The summed E-state index contributed by atoms with van der Waals surface area (Å²) in [4.78, 5) is 12.0. The lowest BCUT2D eigenvalue weighted by molar-refractivity contribution is 0.572. The first-order valence-electron chi connectivity index (χ1n) is 40.0. The Balaban J connectivity index is 1.03. The number of rotatable bonds is 9. The van der Waals surface area contributed by atoms with Gasteiger partial charge in [-0.2, -0.15) is 0 Å². The lowest BCUT2D eigenvalue weighted by Crippen LogP contribution is -2.59. The summed E-state index contributed by atoms with van der Waals surface area (Å²) in [5, 5.41) is 5.15. The Morgan fingerprint density at radius 3 is 0.865 bits per heavy atom. The Morgan fingerprint density at radius 1 is 0.243 bits per heavy atom. The van der Waals surface area contributed by atoms with Gasteiger partial charge >= 0.3 is 0 Å². The summed E-state index contributed by atoms with van der Waals surface area (Å²) in [6.07, 6.45) is 0. The normalized spacial score (nSPS) is 13.1. The molecule has 5 heteroatoms. The van der Waals surface area contributed by atoms with Crippen molar-refractivity contribution in [2.75, 3.05) is 0 Å². The van der Waals surface area contributed by atoms with Crippen LogP contribution in [0.1, 0.15) is 158 Å². The lowest BCUT2D eigenvalue weighted by Gasteiger charge is -2.35. The van der Waals surface area contributed by atoms with Gasteiger partial charge < -0.3 is 9.13 Å². The Morgan fingerprint density at radius 2 is 0.541 bits per heavy atom. The number of nitrogens with zero attached hydrogens (tertiary/aromatic N) is 4. The molecule has 4 nitrogen and oxygen atoms in total. The van der Waals surface area contributed by atoms with Crippen molar-refractivity contribution in [2.24, 2.45) is 0 Å². The van der Waals surface area contributed by atoms with Gasteiger partial charge in [0, 0.05) is 60.6 Å². The molecule has 0 saturated carbocycles. The first-order chi connectivity index (χ1) is 52.8. The van der Waals surface area contributed by atoms with Crippen molar-refractivity contribution >= 4 is 66.7 Å². The van der Waals surface area contributed by atoms with Gasteiger partial charge in [0.15, 0.2) is 5.82 Å². The third-order valence-corrected chi connectivity index (χ3v) is 23.9. The third kappa shape index (κ3) is 12.4. The average Bonchev–Trinajstić information content (AvgIpc) is 1.52. The highest BCUT2D eigenvalue weighted by molar-refractivity contribution is 7.00. The molecular weight excluding hydrogens is 1340 g/mol. The number of fused-ring (bicyclic) bond motifs is 10. The van der Waals surface area contributed by atoms with Crippen LogP contribution in [-0.4, -0.2) is 25.8 Å². The van der Waals surface area contributed by atoms with Crippen LogP contribution >= 0.6 is 0 Å². The second-order valence-electron chi connectivity index (χ2n) is 38.0. The minimum absolute atomic E-state index is 0.00858. The largest absolute Gasteiger partial charge is 0.310 e. The number of aromatic nitrogens is 4. The maximum absolute atomic E-state index is 6.07. The Labute approximate surface area is 657 Å². The Bertz CT molecular complexity index is 5930. The molecule has 0 N–H and O–H groups in total. The predicted octanol–water partition coefficient (Wildman–Crippen LogP) is 26.6. The summed E-state index contributed by atoms with van der Waals surface area (Å²) in [5.74, 6) is 0.645. The molecule has 5 heterocycles. The first kappa shape index (κ1) is 71.2. The molecule has 111 heavy (non-hydrogen) atoms. The number of benzene rings is 13. The molecule has 16 aromatic rings. The van der Waals surface area contributed by atoms with Crippen molar-refractivity contribution in [3.8, 4) is 112 Å². The fourth-order valence-electron chi connectivity index (χ4n) is 17.8. The van der Waals surface area contributed by atoms with Crippen LogP contribution in [0.2, 0.25) is 0 Å². The van der Waals surface area contributed by atoms with Gasteiger partial charge in [0.05, 0.1) is 22.4 Å². The molecule has 0 atom stereocenters. The van der Waals surface area contributed by atoms with Gasteiger partial charge in [-0.1, -0.05) is 319 Å². The maximum atomic E-state index is 6.07. The van der Waals surface area contributed by atoms with Crippen molar-refractivity contribution in [1.82, 2.24) is 19.1 Å². The van der Waals surface area contributed by atoms with E-state index >= 15 is 0 Å². The summed E-state index contributed by atoms with van der Waals surface area (Å²) in [6, 6.07) is 104. The van der Waals surface area contributed by atoms with Crippen LogP contribution in [-0.2, 0) is 32.5 Å². The SMILES string of the molecule is CC(C)(C)c1ccc(-c2cc3c4c(c2)c2c(C(C)(C)C)cc(C(C)(C)C)cc2n4-c2cc(-c4cc(-c5cc(-c6ccccc6)cc(-c6ccccc6)c5)nc(-c5cc(-c6ccccc6)cc(-c6ccccc6)c5)n4)cc4c2B3c2cc(-c3ccc(C(C)(C)C)cc3)cc3c5c(C(C)(C)C)cc(C(C)(C)C)cc5n-4c23)cc1. The first-order valence-corrected chi connectivity index (χ1v) is 40.0. The van der Waals surface area contributed by atoms with Gasteiger partial charge in [0.2, 0.25) is 0 Å². The van der Waals surface area contributed by atoms with Crippen LogP contribution in [0.4, 0.5) is 0 Å². The van der Waals surface area contributed by atoms with E-state index in [2.05, 4.69) is 407 Å². The molecule has 0 unspecified atom stereocenters. The Hall–Kier alpha value is -11.4. The molecule has 0 amide bonds. The minimum Gasteiger partial charge on any atom is -0.310 e. The molecule has 0 aliphatic carbocycles. The predicted molar refractivity (Wildman–Crippen MR) is 476 cm³/mol. The van der Waals surface area contributed by atoms with E-state index in [1.807, 2.05) is 0 Å². The van der Waals surface area contributed by atoms with Crippen LogP contribution in [0.15, 0.2) is 273 Å². The summed E-state index contributed by atoms with van der Waals surface area (Å²) >= 11 is 0. The minimum atomic E-state index is -0.236. The topological polar surface area (TPSA) is 35.6 Å². The molecule has 2 aliphatic rings. The molecule has 546 valence electrons. The van der Waals surface area contributed by atoms with Gasteiger partial charge in [0.1, 0.15) is 0 Å².